The van der Waals surface area contributed by atoms with Gasteiger partial charge in [-0.1, -0.05) is 26.8 Å². The molecule has 0 N–H and O–H groups in total. The average Bonchev–Trinajstić information content (AvgIpc) is 3.14. The molecule has 2 saturated heterocycles. The number of fused-ring (bicyclic) bond motifs is 3. The number of allylic oxidation sites excluding steroid dienone is 1. The zero-order valence-electron chi connectivity index (χ0n) is 16.2. The third-order valence-electron chi connectivity index (χ3n) is 5.62. The van der Waals surface area contributed by atoms with E-state index >= 15 is 0 Å². The summed E-state index contributed by atoms with van der Waals surface area (Å²) in [5.41, 5.74) is -0.591. The smallest absolute Gasteiger partial charge is 0.269 e. The Morgan fingerprint density at radius 3 is 2.31 bits per heavy atom. The lowest BCUT2D eigenvalue weighted by Crippen LogP contribution is -2.49. The number of Topliss-reactive ketones (excluding diaryl/α,β-unsaturated/α-hetero) is 1. The zero-order chi connectivity index (χ0) is 21.1. The third kappa shape index (κ3) is 2.76. The largest absolute Gasteiger partial charge is 0.297 e. The van der Waals surface area contributed by atoms with E-state index in [1.165, 1.54) is 24.3 Å². The molecular formula is C20H20N4O5. The average molecular weight is 396 g/mol. The Kier molecular flexibility index (Phi) is 4.14. The first kappa shape index (κ1) is 19.0. The summed E-state index contributed by atoms with van der Waals surface area (Å²) in [4.78, 5) is 51.1. The van der Waals surface area contributed by atoms with E-state index in [4.69, 9.17) is 0 Å². The normalized spacial score (nSPS) is 28.0. The third-order valence-corrected chi connectivity index (χ3v) is 5.62. The van der Waals surface area contributed by atoms with E-state index < -0.39 is 46.1 Å². The number of anilines is 1. The number of imide groups is 1. The number of benzene rings is 1. The Hall–Kier alpha value is -3.36. The molecule has 0 radical (unpaired) electrons. The minimum Gasteiger partial charge on any atom is -0.297 e. The van der Waals surface area contributed by atoms with E-state index in [1.807, 2.05) is 0 Å². The van der Waals surface area contributed by atoms with E-state index in [2.05, 4.69) is 5.10 Å². The molecule has 2 fully saturated rings. The van der Waals surface area contributed by atoms with Crippen molar-refractivity contribution in [2.45, 2.75) is 32.9 Å². The van der Waals surface area contributed by atoms with Gasteiger partial charge in [0.2, 0.25) is 11.8 Å². The molecule has 0 aromatic heterocycles. The van der Waals surface area contributed by atoms with Crippen LogP contribution in [0, 0.1) is 27.4 Å². The van der Waals surface area contributed by atoms with Gasteiger partial charge in [-0.05, 0) is 18.2 Å². The van der Waals surface area contributed by atoms with Crippen molar-refractivity contribution < 1.29 is 19.3 Å². The maximum atomic E-state index is 13.3. The minimum absolute atomic E-state index is 0.135. The number of carbonyl (C=O) groups excluding carboxylic acids is 3. The standard InChI is InChI=1S/C20H20N4O5/c1-20(2,3)17(25)16-15-14(13-5-4-10-21-23(13)16)18(26)22(19(15)27)11-6-8-12(9-7-11)24(28)29/h4-10,13-16H,1-3H3/t13-,14+,15-,16+/m1/s1. The monoisotopic (exact) mass is 396 g/mol. The molecule has 4 atom stereocenters. The number of hydrogen-bond donors (Lipinski definition) is 0. The van der Waals surface area contributed by atoms with Crippen molar-refractivity contribution >= 4 is 35.2 Å². The first-order chi connectivity index (χ1) is 13.6. The fourth-order valence-corrected chi connectivity index (χ4v) is 4.26. The first-order valence-electron chi connectivity index (χ1n) is 9.28. The Morgan fingerprint density at radius 2 is 1.72 bits per heavy atom. The Balaban J connectivity index is 1.75. The van der Waals surface area contributed by atoms with E-state index in [1.54, 1.807) is 44.1 Å². The van der Waals surface area contributed by atoms with Crippen LogP contribution in [-0.2, 0) is 14.4 Å². The van der Waals surface area contributed by atoms with Gasteiger partial charge in [0, 0.05) is 23.8 Å². The number of non-ortho nitro benzene ring substituents is 1. The summed E-state index contributed by atoms with van der Waals surface area (Å²) in [6.07, 6.45) is 5.03. The number of hydrazone groups is 1. The van der Waals surface area contributed by atoms with Gasteiger partial charge in [-0.3, -0.25) is 29.5 Å². The SMILES string of the molecule is CC(C)(C)C(=O)[C@@H]1[C@@H]2C(=O)N(c3ccc([N+](=O)[O-])cc3)C(=O)[C@H]2[C@H]2C=CC=NN21. The van der Waals surface area contributed by atoms with Gasteiger partial charge in [0.1, 0.15) is 6.04 Å². The number of ketones is 1. The van der Waals surface area contributed by atoms with Crippen LogP contribution in [0.5, 0.6) is 0 Å². The minimum atomic E-state index is -0.852. The number of nitrogens with zero attached hydrogens (tertiary/aromatic N) is 4. The summed E-state index contributed by atoms with van der Waals surface area (Å²) in [7, 11) is 0. The van der Waals surface area contributed by atoms with Crippen molar-refractivity contribution in [1.29, 1.82) is 0 Å². The molecule has 9 heteroatoms. The number of carbonyl (C=O) groups is 3. The van der Waals surface area contributed by atoms with Crippen LogP contribution in [0.25, 0.3) is 0 Å². The molecule has 9 nitrogen and oxygen atoms in total. The highest BCUT2D eigenvalue weighted by Crippen LogP contribution is 2.47. The highest BCUT2D eigenvalue weighted by molar-refractivity contribution is 6.24. The van der Waals surface area contributed by atoms with E-state index in [9.17, 15) is 24.5 Å². The van der Waals surface area contributed by atoms with Crippen LogP contribution in [0.1, 0.15) is 20.8 Å². The molecular weight excluding hydrogens is 376 g/mol. The summed E-state index contributed by atoms with van der Waals surface area (Å²) >= 11 is 0. The maximum absolute atomic E-state index is 13.3. The lowest BCUT2D eigenvalue weighted by Gasteiger charge is -2.33. The molecule has 29 heavy (non-hydrogen) atoms. The van der Waals surface area contributed by atoms with Crippen LogP contribution >= 0.6 is 0 Å². The predicted octanol–water partition coefficient (Wildman–Crippen LogP) is 1.92. The van der Waals surface area contributed by atoms with Crippen LogP contribution in [-0.4, -0.2) is 45.8 Å². The summed E-state index contributed by atoms with van der Waals surface area (Å²) in [6, 6.07) is 3.92. The molecule has 2 amide bonds. The second kappa shape index (κ2) is 6.33. The van der Waals surface area contributed by atoms with Gasteiger partial charge in [-0.2, -0.15) is 5.10 Å². The van der Waals surface area contributed by atoms with E-state index in [0.29, 0.717) is 0 Å². The highest BCUT2D eigenvalue weighted by atomic mass is 16.6. The van der Waals surface area contributed by atoms with Crippen LogP contribution < -0.4 is 4.90 Å². The van der Waals surface area contributed by atoms with Crippen LogP contribution in [0.3, 0.4) is 0 Å². The topological polar surface area (TPSA) is 113 Å². The predicted molar refractivity (Wildman–Crippen MR) is 104 cm³/mol. The van der Waals surface area contributed by atoms with Gasteiger partial charge >= 0.3 is 0 Å². The number of rotatable bonds is 3. The Bertz CT molecular complexity index is 976. The Labute approximate surface area is 166 Å². The van der Waals surface area contributed by atoms with Crippen molar-refractivity contribution in [2.75, 3.05) is 4.90 Å². The number of hydrogen-bond acceptors (Lipinski definition) is 7. The molecule has 150 valence electrons. The van der Waals surface area contributed by atoms with Gasteiger partial charge in [-0.15, -0.1) is 0 Å². The second-order valence-electron chi connectivity index (χ2n) is 8.42. The quantitative estimate of drug-likeness (QED) is 0.438. The van der Waals surface area contributed by atoms with Gasteiger partial charge < -0.3 is 0 Å². The van der Waals surface area contributed by atoms with Crippen molar-refractivity contribution in [2.24, 2.45) is 22.4 Å². The van der Waals surface area contributed by atoms with Crippen LogP contribution in [0.15, 0.2) is 41.5 Å². The number of amides is 2. The first-order valence-corrected chi connectivity index (χ1v) is 9.28. The molecule has 0 unspecified atom stereocenters. The van der Waals surface area contributed by atoms with E-state index in [-0.39, 0.29) is 17.2 Å². The summed E-state index contributed by atoms with van der Waals surface area (Å²) < 4.78 is 0. The Morgan fingerprint density at radius 1 is 1.10 bits per heavy atom. The molecule has 3 aliphatic rings. The number of nitro groups is 1. The van der Waals surface area contributed by atoms with Gasteiger partial charge in [0.25, 0.3) is 5.69 Å². The van der Waals surface area contributed by atoms with Gasteiger partial charge in [-0.25, -0.2) is 4.90 Å². The molecule has 0 spiro atoms. The lowest BCUT2D eigenvalue weighted by molar-refractivity contribution is -0.384. The lowest BCUT2D eigenvalue weighted by atomic mass is 9.80. The molecule has 3 heterocycles. The van der Waals surface area contributed by atoms with E-state index in [0.717, 1.165) is 4.90 Å². The molecule has 0 bridgehead atoms. The number of nitro benzene ring substituents is 1. The van der Waals surface area contributed by atoms with Crippen molar-refractivity contribution in [3.63, 3.8) is 0 Å². The molecule has 4 rings (SSSR count). The van der Waals surface area contributed by atoms with Crippen molar-refractivity contribution in [3.8, 4) is 0 Å². The highest BCUT2D eigenvalue weighted by Gasteiger charge is 2.64. The molecule has 0 aliphatic carbocycles. The summed E-state index contributed by atoms with van der Waals surface area (Å²) in [5.74, 6) is -2.64. The summed E-state index contributed by atoms with van der Waals surface area (Å²) in [5, 5.41) is 16.8. The van der Waals surface area contributed by atoms with Crippen LogP contribution in [0.4, 0.5) is 11.4 Å². The maximum Gasteiger partial charge on any atom is 0.269 e. The fraction of sp³-hybridized carbons (Fsp3) is 0.400. The molecule has 3 aliphatic heterocycles. The second-order valence-corrected chi connectivity index (χ2v) is 8.42. The molecule has 1 aromatic rings. The summed E-state index contributed by atoms with van der Waals surface area (Å²) in [6.45, 7) is 5.32. The van der Waals surface area contributed by atoms with Crippen molar-refractivity contribution in [3.05, 3.63) is 46.5 Å². The van der Waals surface area contributed by atoms with Gasteiger partial charge in [0.15, 0.2) is 5.78 Å². The van der Waals surface area contributed by atoms with Crippen LogP contribution in [0.2, 0.25) is 0 Å². The van der Waals surface area contributed by atoms with Crippen molar-refractivity contribution in [1.82, 2.24) is 5.01 Å². The zero-order valence-corrected chi connectivity index (χ0v) is 16.2. The molecule has 1 aromatic carbocycles. The fourth-order valence-electron chi connectivity index (χ4n) is 4.26. The van der Waals surface area contributed by atoms with Gasteiger partial charge in [0.05, 0.1) is 28.5 Å². The molecule has 0 saturated carbocycles.